The molecule has 0 aromatic rings. The summed E-state index contributed by atoms with van der Waals surface area (Å²) in [5, 5.41) is 0. The van der Waals surface area contributed by atoms with Crippen LogP contribution in [-0.2, 0) is 0 Å². The van der Waals surface area contributed by atoms with Crippen LogP contribution in [0.5, 0.6) is 0 Å². The lowest BCUT2D eigenvalue weighted by Crippen LogP contribution is -2.34. The van der Waals surface area contributed by atoms with E-state index in [1.54, 1.807) is 0 Å². The molecular formula is C19H33N. The zero-order valence-electron chi connectivity index (χ0n) is 13.8. The minimum absolute atomic E-state index is 0.548. The third kappa shape index (κ3) is 3.48. The van der Waals surface area contributed by atoms with Gasteiger partial charge >= 0.3 is 0 Å². The van der Waals surface area contributed by atoms with E-state index in [1.807, 2.05) is 0 Å². The Labute approximate surface area is 126 Å². The summed E-state index contributed by atoms with van der Waals surface area (Å²) in [6.45, 7) is 16.8. The Morgan fingerprint density at radius 2 is 1.75 bits per heavy atom. The molecule has 0 bridgehead atoms. The SMILES string of the molecule is C=C(C)C1CCCN1C(=C)C(CC1CCCC1)C(C)C. The predicted octanol–water partition coefficient (Wildman–Crippen LogP) is 5.39. The van der Waals surface area contributed by atoms with Gasteiger partial charge in [-0.25, -0.2) is 0 Å². The average molecular weight is 275 g/mol. The highest BCUT2D eigenvalue weighted by Gasteiger charge is 2.32. The van der Waals surface area contributed by atoms with Crippen LogP contribution in [0.15, 0.2) is 24.4 Å². The number of allylic oxidation sites excluding steroid dienone is 1. The molecule has 1 aliphatic carbocycles. The Morgan fingerprint density at radius 3 is 2.30 bits per heavy atom. The second-order valence-electron chi connectivity index (χ2n) is 7.43. The van der Waals surface area contributed by atoms with E-state index in [9.17, 15) is 0 Å². The molecule has 1 heterocycles. The number of hydrogen-bond donors (Lipinski definition) is 0. The summed E-state index contributed by atoms with van der Waals surface area (Å²) in [5.74, 6) is 2.32. The van der Waals surface area contributed by atoms with Crippen molar-refractivity contribution in [3.05, 3.63) is 24.4 Å². The van der Waals surface area contributed by atoms with E-state index >= 15 is 0 Å². The molecule has 2 aliphatic rings. The van der Waals surface area contributed by atoms with Crippen molar-refractivity contribution in [2.24, 2.45) is 17.8 Å². The van der Waals surface area contributed by atoms with Crippen LogP contribution in [0.1, 0.15) is 65.7 Å². The molecule has 0 radical (unpaired) electrons. The largest absolute Gasteiger partial charge is 0.368 e. The quantitative estimate of drug-likeness (QED) is 0.587. The molecule has 2 unspecified atom stereocenters. The van der Waals surface area contributed by atoms with Crippen molar-refractivity contribution in [3.8, 4) is 0 Å². The van der Waals surface area contributed by atoms with Gasteiger partial charge in [0.05, 0.1) is 0 Å². The minimum Gasteiger partial charge on any atom is -0.368 e. The Bertz CT molecular complexity index is 349. The van der Waals surface area contributed by atoms with Crippen LogP contribution >= 0.6 is 0 Å². The molecule has 1 nitrogen and oxygen atoms in total. The van der Waals surface area contributed by atoms with Crippen molar-refractivity contribution in [2.45, 2.75) is 71.8 Å². The zero-order valence-corrected chi connectivity index (χ0v) is 13.8. The van der Waals surface area contributed by atoms with Gasteiger partial charge in [-0.3, -0.25) is 0 Å². The topological polar surface area (TPSA) is 3.24 Å². The van der Waals surface area contributed by atoms with Crippen LogP contribution in [0.2, 0.25) is 0 Å². The Balaban J connectivity index is 2.04. The Kier molecular flexibility index (Phi) is 5.35. The molecule has 2 fully saturated rings. The normalized spacial score (nSPS) is 25.4. The van der Waals surface area contributed by atoms with Gasteiger partial charge in [-0.1, -0.05) is 58.3 Å². The summed E-state index contributed by atoms with van der Waals surface area (Å²) in [4.78, 5) is 2.57. The molecule has 0 aromatic carbocycles. The summed E-state index contributed by atoms with van der Waals surface area (Å²) in [7, 11) is 0. The number of likely N-dealkylation sites (tertiary alicyclic amines) is 1. The van der Waals surface area contributed by atoms with Gasteiger partial charge in [0.1, 0.15) is 0 Å². The first kappa shape index (κ1) is 15.7. The van der Waals surface area contributed by atoms with Crippen molar-refractivity contribution in [1.29, 1.82) is 0 Å². The third-order valence-electron chi connectivity index (χ3n) is 5.49. The number of nitrogens with zero attached hydrogens (tertiary/aromatic N) is 1. The molecular weight excluding hydrogens is 242 g/mol. The lowest BCUT2D eigenvalue weighted by atomic mass is 9.83. The molecule has 1 saturated heterocycles. The van der Waals surface area contributed by atoms with E-state index in [0.29, 0.717) is 17.9 Å². The van der Waals surface area contributed by atoms with Crippen LogP contribution < -0.4 is 0 Å². The molecule has 1 aliphatic heterocycles. The van der Waals surface area contributed by atoms with Gasteiger partial charge < -0.3 is 4.90 Å². The first-order chi connectivity index (χ1) is 9.50. The van der Waals surface area contributed by atoms with E-state index in [2.05, 4.69) is 38.8 Å². The number of rotatable bonds is 6. The van der Waals surface area contributed by atoms with Gasteiger partial charge in [-0.2, -0.15) is 0 Å². The maximum absolute atomic E-state index is 4.52. The lowest BCUT2D eigenvalue weighted by Gasteiger charge is -2.36. The number of hydrogen-bond acceptors (Lipinski definition) is 1. The van der Waals surface area contributed by atoms with Gasteiger partial charge in [0.25, 0.3) is 0 Å². The fraction of sp³-hybridized carbons (Fsp3) is 0.789. The molecule has 1 saturated carbocycles. The minimum atomic E-state index is 0.548. The van der Waals surface area contributed by atoms with E-state index in [1.165, 1.54) is 62.8 Å². The summed E-state index contributed by atoms with van der Waals surface area (Å²) in [6, 6.07) is 0.548. The van der Waals surface area contributed by atoms with Gasteiger partial charge in [0.2, 0.25) is 0 Å². The molecule has 20 heavy (non-hydrogen) atoms. The molecule has 0 N–H and O–H groups in total. The van der Waals surface area contributed by atoms with Crippen LogP contribution in [0, 0.1) is 17.8 Å². The van der Waals surface area contributed by atoms with E-state index in [0.717, 1.165) is 5.92 Å². The fourth-order valence-electron chi connectivity index (χ4n) is 4.23. The Hall–Kier alpha value is -0.720. The standard InChI is InChI=1S/C19H33N/c1-14(2)18(13-17-9-6-7-10-17)16(5)20-12-8-11-19(20)15(3)4/h14,17-19H,3,5-13H2,1-2,4H3. The first-order valence-electron chi connectivity index (χ1n) is 8.61. The van der Waals surface area contributed by atoms with Crippen LogP contribution in [0.25, 0.3) is 0 Å². The highest BCUT2D eigenvalue weighted by Crippen LogP contribution is 2.38. The smallest absolute Gasteiger partial charge is 0.0494 e. The second kappa shape index (κ2) is 6.83. The molecule has 2 rings (SSSR count). The molecule has 2 atom stereocenters. The van der Waals surface area contributed by atoms with Crippen molar-refractivity contribution < 1.29 is 0 Å². The van der Waals surface area contributed by atoms with Gasteiger partial charge in [-0.05, 0) is 38.0 Å². The maximum Gasteiger partial charge on any atom is 0.0494 e. The zero-order chi connectivity index (χ0) is 14.7. The molecule has 114 valence electrons. The van der Waals surface area contributed by atoms with Gasteiger partial charge in [0, 0.05) is 24.2 Å². The molecule has 0 amide bonds. The summed E-state index contributed by atoms with van der Waals surface area (Å²) < 4.78 is 0. The van der Waals surface area contributed by atoms with Crippen LogP contribution in [0.4, 0.5) is 0 Å². The van der Waals surface area contributed by atoms with Crippen molar-refractivity contribution in [2.75, 3.05) is 6.54 Å². The van der Waals surface area contributed by atoms with Crippen LogP contribution in [0.3, 0.4) is 0 Å². The second-order valence-corrected chi connectivity index (χ2v) is 7.43. The lowest BCUT2D eigenvalue weighted by molar-refractivity contribution is 0.244. The monoisotopic (exact) mass is 275 g/mol. The van der Waals surface area contributed by atoms with Crippen molar-refractivity contribution in [3.63, 3.8) is 0 Å². The Morgan fingerprint density at radius 1 is 1.10 bits per heavy atom. The molecule has 0 aromatic heterocycles. The van der Waals surface area contributed by atoms with E-state index < -0.39 is 0 Å². The average Bonchev–Trinajstić information content (AvgIpc) is 3.05. The summed E-state index contributed by atoms with van der Waals surface area (Å²) in [5.41, 5.74) is 2.71. The van der Waals surface area contributed by atoms with Gasteiger partial charge in [-0.15, -0.1) is 0 Å². The molecule has 1 heteroatoms. The van der Waals surface area contributed by atoms with E-state index in [-0.39, 0.29) is 0 Å². The molecule has 0 spiro atoms. The summed E-state index contributed by atoms with van der Waals surface area (Å²) >= 11 is 0. The van der Waals surface area contributed by atoms with Crippen molar-refractivity contribution >= 4 is 0 Å². The third-order valence-corrected chi connectivity index (χ3v) is 5.49. The fourth-order valence-corrected chi connectivity index (χ4v) is 4.23. The highest BCUT2D eigenvalue weighted by atomic mass is 15.2. The van der Waals surface area contributed by atoms with Crippen LogP contribution in [-0.4, -0.2) is 17.5 Å². The predicted molar refractivity (Wildman–Crippen MR) is 88.6 cm³/mol. The summed E-state index contributed by atoms with van der Waals surface area (Å²) in [6.07, 6.45) is 9.70. The highest BCUT2D eigenvalue weighted by molar-refractivity contribution is 5.14. The maximum atomic E-state index is 4.52. The first-order valence-corrected chi connectivity index (χ1v) is 8.61. The van der Waals surface area contributed by atoms with E-state index in [4.69, 9.17) is 0 Å². The van der Waals surface area contributed by atoms with Crippen molar-refractivity contribution in [1.82, 2.24) is 4.90 Å². The van der Waals surface area contributed by atoms with Gasteiger partial charge in [0.15, 0.2) is 0 Å².